The Morgan fingerprint density at radius 1 is 1.08 bits per heavy atom. The van der Waals surface area contributed by atoms with Gasteiger partial charge in [0.1, 0.15) is 0 Å². The molecule has 0 spiro atoms. The van der Waals surface area contributed by atoms with Crippen LogP contribution in [-0.2, 0) is 14.3 Å². The van der Waals surface area contributed by atoms with Gasteiger partial charge in [-0.25, -0.2) is 4.79 Å². The molecule has 0 aliphatic heterocycles. The lowest BCUT2D eigenvalue weighted by Crippen LogP contribution is -2.31. The Balaban J connectivity index is 1.85. The molecule has 6 nitrogen and oxygen atoms in total. The highest BCUT2D eigenvalue weighted by molar-refractivity contribution is 6.33. The summed E-state index contributed by atoms with van der Waals surface area (Å²) in [5.41, 5.74) is 0.447. The van der Waals surface area contributed by atoms with Crippen LogP contribution in [0.25, 0.3) is 0 Å². The molecule has 0 aliphatic carbocycles. The molecule has 25 heavy (non-hydrogen) atoms. The van der Waals surface area contributed by atoms with Crippen LogP contribution in [0, 0.1) is 0 Å². The summed E-state index contributed by atoms with van der Waals surface area (Å²) in [5.74, 6) is -0.249. The lowest BCUT2D eigenvalue weighted by Gasteiger charge is -2.15. The third kappa shape index (κ3) is 5.39. The maximum Gasteiger partial charge on any atom is 0.344 e. The molecule has 0 aliphatic rings. The van der Waals surface area contributed by atoms with Gasteiger partial charge in [0.05, 0.1) is 17.8 Å². The van der Waals surface area contributed by atoms with E-state index in [1.54, 1.807) is 48.5 Å². The normalized spacial score (nSPS) is 11.3. The van der Waals surface area contributed by atoms with E-state index in [0.29, 0.717) is 22.2 Å². The van der Waals surface area contributed by atoms with Crippen molar-refractivity contribution < 1.29 is 23.8 Å². The largest absolute Gasteiger partial charge is 0.493 e. The van der Waals surface area contributed by atoms with Crippen LogP contribution in [0.2, 0.25) is 5.02 Å². The molecule has 2 aromatic rings. The minimum atomic E-state index is -0.995. The first-order valence-corrected chi connectivity index (χ1v) is 7.89. The van der Waals surface area contributed by atoms with Gasteiger partial charge in [0, 0.05) is 0 Å². The van der Waals surface area contributed by atoms with Crippen molar-refractivity contribution in [2.45, 2.75) is 13.0 Å². The van der Waals surface area contributed by atoms with Crippen molar-refractivity contribution in [3.63, 3.8) is 0 Å². The molecule has 0 saturated carbocycles. The molecule has 0 fully saturated rings. The molecule has 0 bridgehead atoms. The van der Waals surface area contributed by atoms with Crippen molar-refractivity contribution >= 4 is 29.2 Å². The number of halogens is 1. The maximum atomic E-state index is 12.1. The highest BCUT2D eigenvalue weighted by Crippen LogP contribution is 2.25. The fourth-order valence-electron chi connectivity index (χ4n) is 1.96. The summed E-state index contributed by atoms with van der Waals surface area (Å²) in [7, 11) is 1.50. The van der Waals surface area contributed by atoms with E-state index in [-0.39, 0.29) is 6.61 Å². The van der Waals surface area contributed by atoms with Crippen molar-refractivity contribution in [1.29, 1.82) is 0 Å². The third-order valence-corrected chi connectivity index (χ3v) is 3.55. The molecule has 0 saturated heterocycles. The van der Waals surface area contributed by atoms with Crippen LogP contribution in [-0.4, -0.2) is 31.7 Å². The lowest BCUT2D eigenvalue weighted by atomic mass is 10.3. The van der Waals surface area contributed by atoms with Gasteiger partial charge in [-0.05, 0) is 31.2 Å². The molecule has 2 rings (SSSR count). The van der Waals surface area contributed by atoms with E-state index in [2.05, 4.69) is 5.32 Å². The molecule has 1 amide bonds. The number of rotatable bonds is 7. The zero-order chi connectivity index (χ0) is 18.2. The predicted octanol–water partition coefficient (Wildman–Crippen LogP) is 3.30. The van der Waals surface area contributed by atoms with Crippen molar-refractivity contribution in [2.75, 3.05) is 19.0 Å². The number of esters is 1. The van der Waals surface area contributed by atoms with Gasteiger partial charge in [-0.1, -0.05) is 35.9 Å². The minimum Gasteiger partial charge on any atom is -0.493 e. The number of carbonyl (C=O) groups is 2. The van der Waals surface area contributed by atoms with Gasteiger partial charge in [-0.2, -0.15) is 0 Å². The SMILES string of the molecule is COc1ccccc1OCC(=O)OC(C)C(=O)Nc1ccccc1Cl. The standard InChI is InChI=1S/C18H18ClNO5/c1-12(18(22)20-14-8-4-3-7-13(14)19)25-17(21)11-24-16-10-6-5-9-15(16)23-2/h3-10,12H,11H2,1-2H3,(H,20,22). The molecule has 7 heteroatoms. The van der Waals surface area contributed by atoms with Gasteiger partial charge in [0.2, 0.25) is 0 Å². The first-order valence-electron chi connectivity index (χ1n) is 7.52. The molecule has 0 aromatic heterocycles. The average molecular weight is 364 g/mol. The monoisotopic (exact) mass is 363 g/mol. The van der Waals surface area contributed by atoms with Crippen LogP contribution in [0.1, 0.15) is 6.92 Å². The van der Waals surface area contributed by atoms with E-state index >= 15 is 0 Å². The average Bonchev–Trinajstić information content (AvgIpc) is 2.62. The lowest BCUT2D eigenvalue weighted by molar-refractivity contribution is -0.155. The van der Waals surface area contributed by atoms with Crippen LogP contribution in [0.4, 0.5) is 5.69 Å². The quantitative estimate of drug-likeness (QED) is 0.764. The number of carbonyl (C=O) groups excluding carboxylic acids is 2. The third-order valence-electron chi connectivity index (χ3n) is 3.22. The Morgan fingerprint density at radius 2 is 1.72 bits per heavy atom. The first kappa shape index (κ1) is 18.6. The van der Waals surface area contributed by atoms with Gasteiger partial charge >= 0.3 is 5.97 Å². The van der Waals surface area contributed by atoms with Crippen molar-refractivity contribution in [2.24, 2.45) is 0 Å². The zero-order valence-corrected chi connectivity index (χ0v) is 14.6. The Morgan fingerprint density at radius 3 is 2.40 bits per heavy atom. The van der Waals surface area contributed by atoms with Crippen LogP contribution in [0.15, 0.2) is 48.5 Å². The second-order valence-corrected chi connectivity index (χ2v) is 5.45. The highest BCUT2D eigenvalue weighted by atomic mass is 35.5. The maximum absolute atomic E-state index is 12.1. The fraction of sp³-hybridized carbons (Fsp3) is 0.222. The topological polar surface area (TPSA) is 73.9 Å². The molecule has 1 atom stereocenters. The Kier molecular flexibility index (Phi) is 6.65. The van der Waals surface area contributed by atoms with E-state index in [9.17, 15) is 9.59 Å². The molecule has 132 valence electrons. The molecule has 2 aromatic carbocycles. The van der Waals surface area contributed by atoms with Gasteiger partial charge < -0.3 is 19.5 Å². The van der Waals surface area contributed by atoms with E-state index in [1.807, 2.05) is 0 Å². The van der Waals surface area contributed by atoms with E-state index in [1.165, 1.54) is 14.0 Å². The summed E-state index contributed by atoms with van der Waals surface area (Å²) < 4.78 is 15.5. The minimum absolute atomic E-state index is 0.343. The van der Waals surface area contributed by atoms with E-state index in [0.717, 1.165) is 0 Å². The number of methoxy groups -OCH3 is 1. The Bertz CT molecular complexity index is 750. The Hall–Kier alpha value is -2.73. The second-order valence-electron chi connectivity index (χ2n) is 5.04. The van der Waals surface area contributed by atoms with Crippen molar-refractivity contribution in [3.05, 3.63) is 53.6 Å². The number of ether oxygens (including phenoxy) is 3. The number of anilines is 1. The van der Waals surface area contributed by atoms with Crippen LogP contribution < -0.4 is 14.8 Å². The molecule has 1 unspecified atom stereocenters. The zero-order valence-electron chi connectivity index (χ0n) is 13.8. The fourth-order valence-corrected chi connectivity index (χ4v) is 2.14. The smallest absolute Gasteiger partial charge is 0.344 e. The number of hydrogen-bond acceptors (Lipinski definition) is 5. The summed E-state index contributed by atoms with van der Waals surface area (Å²) in [5, 5.41) is 3.00. The van der Waals surface area contributed by atoms with E-state index < -0.39 is 18.0 Å². The van der Waals surface area contributed by atoms with Gasteiger partial charge in [-0.15, -0.1) is 0 Å². The van der Waals surface area contributed by atoms with E-state index in [4.69, 9.17) is 25.8 Å². The summed E-state index contributed by atoms with van der Waals surface area (Å²) in [4.78, 5) is 23.9. The summed E-state index contributed by atoms with van der Waals surface area (Å²) in [6, 6.07) is 13.7. The summed E-state index contributed by atoms with van der Waals surface area (Å²) >= 11 is 5.97. The summed E-state index contributed by atoms with van der Waals surface area (Å²) in [6.45, 7) is 1.12. The summed E-state index contributed by atoms with van der Waals surface area (Å²) in [6.07, 6.45) is -0.995. The number of amides is 1. The number of benzene rings is 2. The van der Waals surface area contributed by atoms with Gasteiger partial charge in [0.15, 0.2) is 24.2 Å². The second kappa shape index (κ2) is 8.94. The molecule has 1 N–H and O–H groups in total. The molecular formula is C18H18ClNO5. The molecular weight excluding hydrogens is 346 g/mol. The molecule has 0 heterocycles. The van der Waals surface area contributed by atoms with Crippen LogP contribution in [0.3, 0.4) is 0 Å². The van der Waals surface area contributed by atoms with Crippen molar-refractivity contribution in [3.8, 4) is 11.5 Å². The molecule has 0 radical (unpaired) electrons. The first-order chi connectivity index (χ1) is 12.0. The highest BCUT2D eigenvalue weighted by Gasteiger charge is 2.19. The van der Waals surface area contributed by atoms with Crippen LogP contribution >= 0.6 is 11.6 Å². The number of nitrogens with one attached hydrogen (secondary N) is 1. The predicted molar refractivity (Wildman–Crippen MR) is 94.1 cm³/mol. The number of hydrogen-bond donors (Lipinski definition) is 1. The van der Waals surface area contributed by atoms with Crippen molar-refractivity contribution in [1.82, 2.24) is 0 Å². The van der Waals surface area contributed by atoms with Gasteiger partial charge in [0.25, 0.3) is 5.91 Å². The van der Waals surface area contributed by atoms with Gasteiger partial charge in [-0.3, -0.25) is 4.79 Å². The Labute approximate surface area is 150 Å². The number of para-hydroxylation sites is 3. The van der Waals surface area contributed by atoms with Crippen LogP contribution in [0.5, 0.6) is 11.5 Å².